The lowest BCUT2D eigenvalue weighted by Crippen LogP contribution is -2.31. The third kappa shape index (κ3) is 1.25. The van der Waals surface area contributed by atoms with Crippen LogP contribution < -0.4 is 0 Å². The predicted molar refractivity (Wildman–Crippen MR) is 40.7 cm³/mol. The Balaban J connectivity index is 2.06. The number of ether oxygens (including phenoxy) is 3. The van der Waals surface area contributed by atoms with Gasteiger partial charge in [-0.2, -0.15) is 0 Å². The van der Waals surface area contributed by atoms with Crippen molar-refractivity contribution in [2.45, 2.75) is 37.9 Å². The van der Waals surface area contributed by atoms with Gasteiger partial charge in [-0.25, -0.2) is 0 Å². The average molecular weight is 174 g/mol. The SMILES string of the molecule is CC1(C)OC2[C@@H](CO)OC[C@H]2O1. The van der Waals surface area contributed by atoms with Crippen molar-refractivity contribution in [3.05, 3.63) is 0 Å². The van der Waals surface area contributed by atoms with E-state index in [0.29, 0.717) is 6.61 Å². The smallest absolute Gasteiger partial charge is 0.164 e. The molecule has 1 unspecified atom stereocenters. The zero-order valence-corrected chi connectivity index (χ0v) is 7.32. The summed E-state index contributed by atoms with van der Waals surface area (Å²) in [5, 5.41) is 8.92. The number of hydrogen-bond acceptors (Lipinski definition) is 4. The second kappa shape index (κ2) is 2.67. The van der Waals surface area contributed by atoms with Crippen LogP contribution in [0.25, 0.3) is 0 Å². The number of fused-ring (bicyclic) bond motifs is 1. The molecule has 12 heavy (non-hydrogen) atoms. The summed E-state index contributed by atoms with van der Waals surface area (Å²) in [6, 6.07) is 0. The summed E-state index contributed by atoms with van der Waals surface area (Å²) in [6.07, 6.45) is -0.307. The standard InChI is InChI=1S/C8H14O4/c1-8(2)11-6-4-10-5(3-9)7(6)12-8/h5-7,9H,3-4H2,1-2H3/t5-,6-,7?/m1/s1. The molecule has 0 spiro atoms. The third-order valence-electron chi connectivity index (χ3n) is 2.24. The number of rotatable bonds is 1. The summed E-state index contributed by atoms with van der Waals surface area (Å²) >= 11 is 0. The molecular formula is C8H14O4. The molecule has 0 aliphatic carbocycles. The molecule has 0 aromatic carbocycles. The molecule has 0 saturated carbocycles. The Kier molecular flexibility index (Phi) is 1.88. The van der Waals surface area contributed by atoms with E-state index in [9.17, 15) is 0 Å². The first kappa shape index (κ1) is 8.44. The van der Waals surface area contributed by atoms with Crippen LogP contribution in [0.3, 0.4) is 0 Å². The van der Waals surface area contributed by atoms with Crippen LogP contribution in [0.4, 0.5) is 0 Å². The highest BCUT2D eigenvalue weighted by atomic mass is 16.8. The van der Waals surface area contributed by atoms with E-state index in [4.69, 9.17) is 19.3 Å². The van der Waals surface area contributed by atoms with Crippen molar-refractivity contribution >= 4 is 0 Å². The van der Waals surface area contributed by atoms with Gasteiger partial charge in [0, 0.05) is 0 Å². The molecule has 2 heterocycles. The van der Waals surface area contributed by atoms with Gasteiger partial charge in [-0.1, -0.05) is 0 Å². The van der Waals surface area contributed by atoms with E-state index in [1.54, 1.807) is 0 Å². The summed E-state index contributed by atoms with van der Waals surface area (Å²) in [6.45, 7) is 4.28. The summed E-state index contributed by atoms with van der Waals surface area (Å²) in [5.74, 6) is -0.521. The van der Waals surface area contributed by atoms with E-state index in [-0.39, 0.29) is 24.9 Å². The quantitative estimate of drug-likeness (QED) is 0.603. The molecule has 0 aromatic rings. The van der Waals surface area contributed by atoms with Crippen LogP contribution in [-0.4, -0.2) is 42.4 Å². The lowest BCUT2D eigenvalue weighted by molar-refractivity contribution is -0.177. The van der Waals surface area contributed by atoms with Crippen LogP contribution >= 0.6 is 0 Å². The molecule has 2 saturated heterocycles. The van der Waals surface area contributed by atoms with Gasteiger partial charge in [-0.3, -0.25) is 0 Å². The van der Waals surface area contributed by atoms with Crippen LogP contribution in [0.2, 0.25) is 0 Å². The number of aliphatic hydroxyl groups is 1. The predicted octanol–water partition coefficient (Wildman–Crippen LogP) is -0.102. The summed E-state index contributed by atoms with van der Waals surface area (Å²) in [5.41, 5.74) is 0. The molecule has 0 radical (unpaired) electrons. The van der Waals surface area contributed by atoms with E-state index in [1.165, 1.54) is 0 Å². The average Bonchev–Trinajstić information content (AvgIpc) is 2.42. The van der Waals surface area contributed by atoms with Gasteiger partial charge in [0.25, 0.3) is 0 Å². The van der Waals surface area contributed by atoms with Crippen molar-refractivity contribution < 1.29 is 19.3 Å². The lowest BCUT2D eigenvalue weighted by atomic mass is 10.2. The Bertz CT molecular complexity index is 180. The minimum absolute atomic E-state index is 0.000602. The minimum Gasteiger partial charge on any atom is -0.394 e. The lowest BCUT2D eigenvalue weighted by Gasteiger charge is -2.20. The van der Waals surface area contributed by atoms with Gasteiger partial charge in [-0.05, 0) is 13.8 Å². The first-order chi connectivity index (χ1) is 5.62. The van der Waals surface area contributed by atoms with Gasteiger partial charge in [0.05, 0.1) is 13.2 Å². The molecule has 0 bridgehead atoms. The van der Waals surface area contributed by atoms with Crippen molar-refractivity contribution in [2.75, 3.05) is 13.2 Å². The Morgan fingerprint density at radius 2 is 2.17 bits per heavy atom. The molecule has 2 rings (SSSR count). The fraction of sp³-hybridized carbons (Fsp3) is 1.00. The second-order valence-corrected chi connectivity index (χ2v) is 3.69. The first-order valence-electron chi connectivity index (χ1n) is 4.20. The number of aliphatic hydroxyl groups excluding tert-OH is 1. The van der Waals surface area contributed by atoms with Crippen molar-refractivity contribution in [1.82, 2.24) is 0 Å². The fourth-order valence-electron chi connectivity index (χ4n) is 1.78. The molecule has 2 fully saturated rings. The highest BCUT2D eigenvalue weighted by molar-refractivity contribution is 4.91. The molecular weight excluding hydrogens is 160 g/mol. The topological polar surface area (TPSA) is 47.9 Å². The minimum atomic E-state index is -0.521. The summed E-state index contributed by atoms with van der Waals surface area (Å²) < 4.78 is 16.4. The maximum Gasteiger partial charge on any atom is 0.164 e. The van der Waals surface area contributed by atoms with Crippen molar-refractivity contribution in [3.8, 4) is 0 Å². The zero-order valence-electron chi connectivity index (χ0n) is 7.32. The Morgan fingerprint density at radius 1 is 1.42 bits per heavy atom. The van der Waals surface area contributed by atoms with Crippen LogP contribution in [0.5, 0.6) is 0 Å². The van der Waals surface area contributed by atoms with E-state index in [0.717, 1.165) is 0 Å². The van der Waals surface area contributed by atoms with Gasteiger partial charge in [0.1, 0.15) is 18.3 Å². The maximum atomic E-state index is 8.92. The van der Waals surface area contributed by atoms with E-state index in [2.05, 4.69) is 0 Å². The van der Waals surface area contributed by atoms with Crippen LogP contribution in [-0.2, 0) is 14.2 Å². The van der Waals surface area contributed by atoms with Crippen LogP contribution in [0.1, 0.15) is 13.8 Å². The molecule has 1 N–H and O–H groups in total. The van der Waals surface area contributed by atoms with Gasteiger partial charge in [0.2, 0.25) is 0 Å². The number of hydrogen-bond donors (Lipinski definition) is 1. The molecule has 2 aliphatic rings. The maximum absolute atomic E-state index is 8.92. The van der Waals surface area contributed by atoms with Crippen molar-refractivity contribution in [3.63, 3.8) is 0 Å². The third-order valence-corrected chi connectivity index (χ3v) is 2.24. The van der Waals surface area contributed by atoms with E-state index in [1.807, 2.05) is 13.8 Å². The monoisotopic (exact) mass is 174 g/mol. The Labute approximate surface area is 71.4 Å². The largest absolute Gasteiger partial charge is 0.394 e. The van der Waals surface area contributed by atoms with E-state index < -0.39 is 5.79 Å². The molecule has 2 aliphatic heterocycles. The molecule has 4 nitrogen and oxygen atoms in total. The van der Waals surface area contributed by atoms with Gasteiger partial charge in [-0.15, -0.1) is 0 Å². The normalized spacial score (nSPS) is 44.8. The highest BCUT2D eigenvalue weighted by Gasteiger charge is 2.49. The second-order valence-electron chi connectivity index (χ2n) is 3.69. The van der Waals surface area contributed by atoms with Crippen LogP contribution in [0, 0.1) is 0 Å². The van der Waals surface area contributed by atoms with Crippen LogP contribution in [0.15, 0.2) is 0 Å². The fourth-order valence-corrected chi connectivity index (χ4v) is 1.78. The molecule has 70 valence electrons. The molecule has 4 heteroatoms. The molecule has 0 amide bonds. The van der Waals surface area contributed by atoms with Gasteiger partial charge < -0.3 is 19.3 Å². The Morgan fingerprint density at radius 3 is 2.83 bits per heavy atom. The van der Waals surface area contributed by atoms with E-state index >= 15 is 0 Å². The van der Waals surface area contributed by atoms with Gasteiger partial charge in [0.15, 0.2) is 5.79 Å². The molecule has 3 atom stereocenters. The summed E-state index contributed by atoms with van der Waals surface area (Å²) in [7, 11) is 0. The first-order valence-corrected chi connectivity index (χ1v) is 4.20. The summed E-state index contributed by atoms with van der Waals surface area (Å²) in [4.78, 5) is 0. The molecule has 0 aromatic heterocycles. The van der Waals surface area contributed by atoms with Crippen molar-refractivity contribution in [2.24, 2.45) is 0 Å². The Hall–Kier alpha value is -0.160. The zero-order chi connectivity index (χ0) is 8.77. The van der Waals surface area contributed by atoms with Crippen molar-refractivity contribution in [1.29, 1.82) is 0 Å². The highest BCUT2D eigenvalue weighted by Crippen LogP contribution is 2.34. The van der Waals surface area contributed by atoms with Gasteiger partial charge >= 0.3 is 0 Å².